The van der Waals surface area contributed by atoms with Gasteiger partial charge in [-0.05, 0) is 69.6 Å². The van der Waals surface area contributed by atoms with E-state index >= 15 is 0 Å². The van der Waals surface area contributed by atoms with Gasteiger partial charge in [-0.25, -0.2) is 0 Å². The van der Waals surface area contributed by atoms with Crippen molar-refractivity contribution in [3.63, 3.8) is 0 Å². The van der Waals surface area contributed by atoms with E-state index in [0.29, 0.717) is 0 Å². The largest absolute Gasteiger partial charge is 0.497 e. The molecule has 0 amide bonds. The summed E-state index contributed by atoms with van der Waals surface area (Å²) in [6, 6.07) is 8.38. The quantitative estimate of drug-likeness (QED) is 0.874. The Balaban J connectivity index is 0.00000200. The molecule has 0 spiro atoms. The Morgan fingerprint density at radius 2 is 1.85 bits per heavy atom. The fourth-order valence-electron chi connectivity index (χ4n) is 2.70. The standard InChI is InChI=1S/C16H26N2O.ClH/c1-18(12-9-14-7-10-17-11-8-14)13-15-3-5-16(19-2)6-4-15;/h3-6,14,17H,7-13H2,1-2H3;1H. The number of rotatable bonds is 6. The zero-order chi connectivity index (χ0) is 13.5. The lowest BCUT2D eigenvalue weighted by Gasteiger charge is -2.25. The van der Waals surface area contributed by atoms with Crippen LogP contribution in [0.1, 0.15) is 24.8 Å². The maximum absolute atomic E-state index is 5.18. The van der Waals surface area contributed by atoms with Crippen molar-refractivity contribution in [1.82, 2.24) is 10.2 Å². The second kappa shape index (κ2) is 9.22. The van der Waals surface area contributed by atoms with Gasteiger partial charge in [-0.1, -0.05) is 12.1 Å². The number of hydrogen-bond acceptors (Lipinski definition) is 3. The molecule has 1 aliphatic heterocycles. The Bertz CT molecular complexity index is 363. The highest BCUT2D eigenvalue weighted by Crippen LogP contribution is 2.17. The third kappa shape index (κ3) is 5.70. The summed E-state index contributed by atoms with van der Waals surface area (Å²) in [5, 5.41) is 3.43. The molecule has 1 fully saturated rings. The van der Waals surface area contributed by atoms with E-state index in [1.165, 1.54) is 44.5 Å². The van der Waals surface area contributed by atoms with Crippen molar-refractivity contribution >= 4 is 12.4 Å². The zero-order valence-electron chi connectivity index (χ0n) is 12.6. The molecule has 20 heavy (non-hydrogen) atoms. The summed E-state index contributed by atoms with van der Waals surface area (Å²) in [6.07, 6.45) is 4.01. The number of halogens is 1. The minimum Gasteiger partial charge on any atom is -0.497 e. The van der Waals surface area contributed by atoms with Crippen molar-refractivity contribution in [2.24, 2.45) is 5.92 Å². The zero-order valence-corrected chi connectivity index (χ0v) is 13.4. The minimum absolute atomic E-state index is 0. The normalized spacial score (nSPS) is 15.9. The number of nitrogens with one attached hydrogen (secondary N) is 1. The van der Waals surface area contributed by atoms with Crippen molar-refractivity contribution in [2.45, 2.75) is 25.8 Å². The second-order valence-corrected chi connectivity index (χ2v) is 5.57. The summed E-state index contributed by atoms with van der Waals surface area (Å²) in [4.78, 5) is 2.42. The first-order valence-electron chi connectivity index (χ1n) is 7.30. The number of benzene rings is 1. The third-order valence-corrected chi connectivity index (χ3v) is 3.99. The molecular weight excluding hydrogens is 272 g/mol. The lowest BCUT2D eigenvalue weighted by molar-refractivity contribution is 0.266. The SMILES string of the molecule is COc1ccc(CN(C)CCC2CCNCC2)cc1.Cl. The number of nitrogens with zero attached hydrogens (tertiary/aromatic N) is 1. The molecule has 1 aliphatic rings. The smallest absolute Gasteiger partial charge is 0.118 e. The maximum Gasteiger partial charge on any atom is 0.118 e. The number of methoxy groups -OCH3 is 1. The van der Waals surface area contributed by atoms with Crippen LogP contribution in [-0.2, 0) is 6.54 Å². The molecule has 0 unspecified atom stereocenters. The fraction of sp³-hybridized carbons (Fsp3) is 0.625. The summed E-state index contributed by atoms with van der Waals surface area (Å²) in [7, 11) is 3.92. The van der Waals surface area contributed by atoms with Gasteiger partial charge in [0.25, 0.3) is 0 Å². The molecule has 0 aliphatic carbocycles. The molecule has 1 heterocycles. The Morgan fingerprint density at radius 1 is 1.20 bits per heavy atom. The summed E-state index contributed by atoms with van der Waals surface area (Å²) in [5.41, 5.74) is 1.36. The van der Waals surface area contributed by atoms with Crippen LogP contribution in [0.25, 0.3) is 0 Å². The predicted molar refractivity (Wildman–Crippen MR) is 86.8 cm³/mol. The minimum atomic E-state index is 0. The fourth-order valence-corrected chi connectivity index (χ4v) is 2.70. The summed E-state index contributed by atoms with van der Waals surface area (Å²) < 4.78 is 5.18. The van der Waals surface area contributed by atoms with Gasteiger partial charge in [0.15, 0.2) is 0 Å². The molecule has 3 nitrogen and oxygen atoms in total. The summed E-state index contributed by atoms with van der Waals surface area (Å²) in [5.74, 6) is 1.85. The van der Waals surface area contributed by atoms with Gasteiger partial charge in [0, 0.05) is 6.54 Å². The van der Waals surface area contributed by atoms with E-state index in [0.717, 1.165) is 18.2 Å². The lowest BCUT2D eigenvalue weighted by atomic mass is 9.94. The Kier molecular flexibility index (Phi) is 7.97. The maximum atomic E-state index is 5.18. The first-order valence-corrected chi connectivity index (χ1v) is 7.30. The van der Waals surface area contributed by atoms with Crippen LogP contribution in [0.4, 0.5) is 0 Å². The van der Waals surface area contributed by atoms with Crippen LogP contribution < -0.4 is 10.1 Å². The van der Waals surface area contributed by atoms with E-state index < -0.39 is 0 Å². The van der Waals surface area contributed by atoms with Gasteiger partial charge in [-0.15, -0.1) is 12.4 Å². The number of hydrogen-bond donors (Lipinski definition) is 1. The van der Waals surface area contributed by atoms with Crippen molar-refractivity contribution in [1.29, 1.82) is 0 Å². The molecule has 114 valence electrons. The highest BCUT2D eigenvalue weighted by Gasteiger charge is 2.13. The van der Waals surface area contributed by atoms with E-state index in [4.69, 9.17) is 4.74 Å². The molecule has 1 aromatic carbocycles. The number of piperidine rings is 1. The van der Waals surface area contributed by atoms with Gasteiger partial charge in [-0.3, -0.25) is 0 Å². The van der Waals surface area contributed by atoms with Gasteiger partial charge in [-0.2, -0.15) is 0 Å². The van der Waals surface area contributed by atoms with Crippen LogP contribution in [-0.4, -0.2) is 38.7 Å². The first kappa shape index (κ1) is 17.3. The Labute approximate surface area is 129 Å². The molecule has 0 bridgehead atoms. The lowest BCUT2D eigenvalue weighted by Crippen LogP contribution is -2.30. The van der Waals surface area contributed by atoms with Crippen LogP contribution >= 0.6 is 12.4 Å². The molecular formula is C16H27ClN2O. The molecule has 1 N–H and O–H groups in total. The predicted octanol–water partition coefficient (Wildman–Crippen LogP) is 2.94. The second-order valence-electron chi connectivity index (χ2n) is 5.57. The molecule has 0 radical (unpaired) electrons. The average molecular weight is 299 g/mol. The number of ether oxygens (including phenoxy) is 1. The van der Waals surface area contributed by atoms with E-state index in [2.05, 4.69) is 29.4 Å². The van der Waals surface area contributed by atoms with Gasteiger partial charge in [0.05, 0.1) is 7.11 Å². The average Bonchev–Trinajstić information content (AvgIpc) is 2.47. The van der Waals surface area contributed by atoms with E-state index in [-0.39, 0.29) is 12.4 Å². The van der Waals surface area contributed by atoms with E-state index in [9.17, 15) is 0 Å². The molecule has 0 atom stereocenters. The van der Waals surface area contributed by atoms with E-state index in [1.54, 1.807) is 7.11 Å². The van der Waals surface area contributed by atoms with Crippen LogP contribution in [0.2, 0.25) is 0 Å². The molecule has 0 saturated carbocycles. The van der Waals surface area contributed by atoms with Crippen LogP contribution in [0.3, 0.4) is 0 Å². The van der Waals surface area contributed by atoms with Gasteiger partial charge < -0.3 is 15.0 Å². The van der Waals surface area contributed by atoms with Crippen LogP contribution in [0.5, 0.6) is 5.75 Å². The molecule has 4 heteroatoms. The first-order chi connectivity index (χ1) is 9.28. The molecule has 1 saturated heterocycles. The van der Waals surface area contributed by atoms with Crippen LogP contribution in [0, 0.1) is 5.92 Å². The topological polar surface area (TPSA) is 24.5 Å². The summed E-state index contributed by atoms with van der Waals surface area (Å²) >= 11 is 0. The van der Waals surface area contributed by atoms with Gasteiger partial charge >= 0.3 is 0 Å². The van der Waals surface area contributed by atoms with Crippen molar-refractivity contribution in [3.05, 3.63) is 29.8 Å². The summed E-state index contributed by atoms with van der Waals surface area (Å²) in [6.45, 7) is 4.62. The van der Waals surface area contributed by atoms with Gasteiger partial charge in [0.2, 0.25) is 0 Å². The van der Waals surface area contributed by atoms with E-state index in [1.807, 2.05) is 12.1 Å². The van der Waals surface area contributed by atoms with Crippen molar-refractivity contribution < 1.29 is 4.74 Å². The molecule has 1 aromatic rings. The van der Waals surface area contributed by atoms with Crippen LogP contribution in [0.15, 0.2) is 24.3 Å². The highest BCUT2D eigenvalue weighted by atomic mass is 35.5. The third-order valence-electron chi connectivity index (χ3n) is 3.99. The molecule has 2 rings (SSSR count). The molecule has 0 aromatic heterocycles. The highest BCUT2D eigenvalue weighted by molar-refractivity contribution is 5.85. The Morgan fingerprint density at radius 3 is 2.45 bits per heavy atom. The monoisotopic (exact) mass is 298 g/mol. The van der Waals surface area contributed by atoms with Gasteiger partial charge in [0.1, 0.15) is 5.75 Å². The van der Waals surface area contributed by atoms with Crippen molar-refractivity contribution in [3.8, 4) is 5.75 Å². The van der Waals surface area contributed by atoms with Crippen molar-refractivity contribution in [2.75, 3.05) is 33.8 Å². The Hall–Kier alpha value is -0.770.